The number of hydrogen-bond acceptors (Lipinski definition) is 4. The predicted octanol–water partition coefficient (Wildman–Crippen LogP) is 2.88. The molecule has 126 valence electrons. The molecule has 0 aromatic carbocycles. The number of hydroxylamine groups is 2. The molecule has 1 aromatic heterocycles. The van der Waals surface area contributed by atoms with E-state index in [1.807, 2.05) is 31.5 Å². The van der Waals surface area contributed by atoms with Gasteiger partial charge in [-0.15, -0.1) is 0 Å². The maximum atomic E-state index is 11.1. The van der Waals surface area contributed by atoms with Crippen molar-refractivity contribution in [3.05, 3.63) is 18.2 Å². The molecule has 1 heterocycles. The Morgan fingerprint density at radius 3 is 2.59 bits per heavy atom. The Kier molecular flexibility index (Phi) is 6.77. The molecule has 0 radical (unpaired) electrons. The fraction of sp³-hybridized carbons (Fsp3) is 0.733. The van der Waals surface area contributed by atoms with Gasteiger partial charge in [-0.2, -0.15) is 0 Å². The molecule has 0 saturated carbocycles. The Morgan fingerprint density at radius 2 is 2.05 bits per heavy atom. The minimum Gasteiger partial charge on any atom is -0.361 e. The van der Waals surface area contributed by atoms with Crippen molar-refractivity contribution in [3.8, 4) is 0 Å². The van der Waals surface area contributed by atoms with E-state index in [4.69, 9.17) is 9.57 Å². The summed E-state index contributed by atoms with van der Waals surface area (Å²) in [6, 6.07) is 1.13. The molecule has 0 atom stereocenters. The highest BCUT2D eigenvalue weighted by molar-refractivity contribution is 6.76. The molecule has 0 unspecified atom stereocenters. The van der Waals surface area contributed by atoms with E-state index < -0.39 is 13.7 Å². The Morgan fingerprint density at radius 1 is 1.36 bits per heavy atom. The number of nitrogens with zero attached hydrogens (tertiary/aromatic N) is 3. The summed E-state index contributed by atoms with van der Waals surface area (Å²) >= 11 is 0. The summed E-state index contributed by atoms with van der Waals surface area (Å²) in [4.78, 5) is 21.0. The second-order valence-electron chi connectivity index (χ2n) is 7.55. The number of ether oxygens (including phenoxy) is 1. The van der Waals surface area contributed by atoms with Gasteiger partial charge in [0.25, 0.3) is 0 Å². The van der Waals surface area contributed by atoms with Gasteiger partial charge in [0.2, 0.25) is 6.41 Å². The van der Waals surface area contributed by atoms with E-state index in [2.05, 4.69) is 24.6 Å². The van der Waals surface area contributed by atoms with E-state index in [0.29, 0.717) is 19.7 Å². The summed E-state index contributed by atoms with van der Waals surface area (Å²) in [6.45, 7) is 14.2. The molecule has 0 aliphatic carbocycles. The van der Waals surface area contributed by atoms with Crippen LogP contribution in [0.25, 0.3) is 0 Å². The van der Waals surface area contributed by atoms with E-state index in [-0.39, 0.29) is 0 Å². The number of rotatable bonds is 9. The van der Waals surface area contributed by atoms with Gasteiger partial charge >= 0.3 is 0 Å². The van der Waals surface area contributed by atoms with Gasteiger partial charge in [-0.05, 0) is 26.8 Å². The lowest BCUT2D eigenvalue weighted by Gasteiger charge is -2.26. The minimum absolute atomic E-state index is 0.297. The average molecular weight is 328 g/mol. The summed E-state index contributed by atoms with van der Waals surface area (Å²) < 4.78 is 7.62. The van der Waals surface area contributed by atoms with Crippen LogP contribution in [0, 0.1) is 0 Å². The van der Waals surface area contributed by atoms with Crippen molar-refractivity contribution >= 4 is 14.5 Å². The van der Waals surface area contributed by atoms with Crippen LogP contribution in [0.2, 0.25) is 25.7 Å². The van der Waals surface area contributed by atoms with E-state index in [1.54, 1.807) is 6.20 Å². The molecule has 7 heteroatoms. The highest BCUT2D eigenvalue weighted by Gasteiger charge is 2.18. The van der Waals surface area contributed by atoms with Gasteiger partial charge in [0.1, 0.15) is 19.1 Å². The first kappa shape index (κ1) is 18.9. The lowest BCUT2D eigenvalue weighted by atomic mass is 10.2. The van der Waals surface area contributed by atoms with Gasteiger partial charge in [-0.25, -0.2) is 10.0 Å². The molecule has 0 saturated heterocycles. The third-order valence-electron chi connectivity index (χ3n) is 2.83. The van der Waals surface area contributed by atoms with Crippen LogP contribution in [0.4, 0.5) is 0 Å². The van der Waals surface area contributed by atoms with Crippen molar-refractivity contribution in [3.63, 3.8) is 0 Å². The third kappa shape index (κ3) is 7.72. The van der Waals surface area contributed by atoms with Crippen LogP contribution in [0.1, 0.15) is 26.6 Å². The highest BCUT2D eigenvalue weighted by atomic mass is 28.3. The average Bonchev–Trinajstić information content (AvgIpc) is 2.78. The monoisotopic (exact) mass is 327 g/mol. The van der Waals surface area contributed by atoms with Gasteiger partial charge in [0.15, 0.2) is 0 Å². The molecule has 1 rings (SSSR count). The zero-order valence-corrected chi connectivity index (χ0v) is 15.6. The summed E-state index contributed by atoms with van der Waals surface area (Å²) in [5, 5.41) is 1.26. The molecule has 0 aliphatic rings. The summed E-state index contributed by atoms with van der Waals surface area (Å²) in [7, 11) is -1.08. The normalized spacial score (nSPS) is 12.5. The van der Waals surface area contributed by atoms with E-state index in [1.165, 1.54) is 5.06 Å². The quantitative estimate of drug-likeness (QED) is 0.303. The van der Waals surface area contributed by atoms with Crippen molar-refractivity contribution in [2.24, 2.45) is 0 Å². The third-order valence-corrected chi connectivity index (χ3v) is 4.54. The molecule has 0 aliphatic heterocycles. The second kappa shape index (κ2) is 7.89. The molecular formula is C15H29N3O3Si. The first-order chi connectivity index (χ1) is 10.1. The highest BCUT2D eigenvalue weighted by Crippen LogP contribution is 2.12. The maximum Gasteiger partial charge on any atom is 0.233 e. The van der Waals surface area contributed by atoms with Crippen LogP contribution in [0.5, 0.6) is 0 Å². The first-order valence-corrected chi connectivity index (χ1v) is 11.3. The first-order valence-electron chi connectivity index (χ1n) is 7.59. The predicted molar refractivity (Wildman–Crippen MR) is 88.8 cm³/mol. The summed E-state index contributed by atoms with van der Waals surface area (Å²) in [6.07, 6.45) is 4.23. The maximum absolute atomic E-state index is 11.1. The largest absolute Gasteiger partial charge is 0.361 e. The molecule has 0 spiro atoms. The second-order valence-corrected chi connectivity index (χ2v) is 13.2. The zero-order chi connectivity index (χ0) is 16.8. The van der Waals surface area contributed by atoms with Crippen LogP contribution in [0.15, 0.2) is 12.4 Å². The van der Waals surface area contributed by atoms with Gasteiger partial charge in [0.05, 0.1) is 5.60 Å². The number of amides is 1. The van der Waals surface area contributed by atoms with Crippen LogP contribution < -0.4 is 0 Å². The molecular weight excluding hydrogens is 298 g/mol. The van der Waals surface area contributed by atoms with E-state index in [9.17, 15) is 4.79 Å². The topological polar surface area (TPSA) is 56.6 Å². The van der Waals surface area contributed by atoms with Gasteiger partial charge < -0.3 is 9.30 Å². The van der Waals surface area contributed by atoms with Crippen LogP contribution in [-0.4, -0.2) is 41.3 Å². The van der Waals surface area contributed by atoms with Gasteiger partial charge in [-0.3, -0.25) is 9.63 Å². The van der Waals surface area contributed by atoms with Crippen molar-refractivity contribution in [2.75, 3.05) is 6.61 Å². The number of imidazole rings is 1. The lowest BCUT2D eigenvalue weighted by molar-refractivity contribution is -0.221. The Balaban J connectivity index is 2.52. The Labute approximate surface area is 134 Å². The zero-order valence-electron chi connectivity index (χ0n) is 14.6. The van der Waals surface area contributed by atoms with Crippen LogP contribution in [-0.2, 0) is 27.6 Å². The Hall–Kier alpha value is -1.18. The number of carbonyl (C=O) groups excluding carboxylic acids is 1. The number of aromatic nitrogens is 2. The minimum atomic E-state index is -1.08. The van der Waals surface area contributed by atoms with E-state index in [0.717, 1.165) is 18.5 Å². The number of hydrogen-bond donors (Lipinski definition) is 0. The van der Waals surface area contributed by atoms with E-state index >= 15 is 0 Å². The van der Waals surface area contributed by atoms with Gasteiger partial charge in [0, 0.05) is 27.1 Å². The molecule has 1 aromatic rings. The molecule has 0 N–H and O–H groups in total. The molecule has 22 heavy (non-hydrogen) atoms. The lowest BCUT2D eigenvalue weighted by Crippen LogP contribution is -2.33. The van der Waals surface area contributed by atoms with Crippen LogP contribution in [0.3, 0.4) is 0 Å². The fourth-order valence-electron chi connectivity index (χ4n) is 1.73. The number of carbonyl (C=O) groups is 1. The smallest absolute Gasteiger partial charge is 0.233 e. The van der Waals surface area contributed by atoms with Crippen molar-refractivity contribution < 1.29 is 14.4 Å². The van der Waals surface area contributed by atoms with Crippen LogP contribution >= 0.6 is 0 Å². The fourth-order valence-corrected chi connectivity index (χ4v) is 2.49. The standard InChI is InChI=1S/C15H29N3O3Si/c1-15(2,3)21-18(12-19)11-14-16-7-8-17(14)13-20-9-10-22(4,5)6/h7-8,12H,9-11,13H2,1-6H3. The Bertz CT molecular complexity index is 463. The summed E-state index contributed by atoms with van der Waals surface area (Å²) in [5.74, 6) is 0.740. The SMILES string of the molecule is CC(C)(C)ON(C=O)Cc1nccn1COCC[Si](C)(C)C. The van der Waals surface area contributed by atoms with Crippen molar-refractivity contribution in [1.29, 1.82) is 0 Å². The van der Waals surface area contributed by atoms with Crippen molar-refractivity contribution in [2.45, 2.75) is 65.3 Å². The molecule has 6 nitrogen and oxygen atoms in total. The molecule has 1 amide bonds. The van der Waals surface area contributed by atoms with Crippen molar-refractivity contribution in [1.82, 2.24) is 14.6 Å². The van der Waals surface area contributed by atoms with Gasteiger partial charge in [-0.1, -0.05) is 19.6 Å². The summed E-state index contributed by atoms with van der Waals surface area (Å²) in [5.41, 5.74) is -0.424. The molecule has 0 fully saturated rings. The molecule has 0 bridgehead atoms.